The maximum atomic E-state index is 12.6. The molecule has 1 fully saturated rings. The molecule has 1 aliphatic heterocycles. The van der Waals surface area contributed by atoms with Gasteiger partial charge in [-0.25, -0.2) is 9.78 Å². The fourth-order valence-corrected chi connectivity index (χ4v) is 4.03. The van der Waals surface area contributed by atoms with Crippen molar-refractivity contribution in [2.45, 2.75) is 64.5 Å². The summed E-state index contributed by atoms with van der Waals surface area (Å²) in [6.07, 6.45) is -1.12. The van der Waals surface area contributed by atoms with Crippen molar-refractivity contribution in [3.05, 3.63) is 14.5 Å². The first-order chi connectivity index (χ1) is 10.9. The van der Waals surface area contributed by atoms with Crippen molar-refractivity contribution >= 4 is 40.6 Å². The van der Waals surface area contributed by atoms with Crippen LogP contribution in [0.4, 0.5) is 4.79 Å². The summed E-state index contributed by atoms with van der Waals surface area (Å²) in [6, 6.07) is -0.346. The third-order valence-corrected chi connectivity index (χ3v) is 5.21. The molecule has 1 aliphatic rings. The first-order valence-corrected chi connectivity index (χ1v) is 9.14. The topological polar surface area (TPSA) is 71.9 Å². The minimum absolute atomic E-state index is 0.180. The van der Waals surface area contributed by atoms with Crippen LogP contribution in [0.5, 0.6) is 0 Å². The van der Waals surface area contributed by atoms with Crippen molar-refractivity contribution < 1.29 is 19.4 Å². The third-order valence-electron chi connectivity index (χ3n) is 3.55. The summed E-state index contributed by atoms with van der Waals surface area (Å²) in [7, 11) is 0. The number of aromatic nitrogens is 1. The Bertz CT molecular complexity index is 615. The van der Waals surface area contributed by atoms with Crippen molar-refractivity contribution in [1.29, 1.82) is 0 Å². The number of aliphatic hydroxyl groups excluding tert-OH is 1. The molecule has 136 valence electrons. The third kappa shape index (κ3) is 4.52. The molecule has 9 heteroatoms. The molecule has 1 aromatic heterocycles. The standard InChI is InChI=1S/C15H22Cl2N2O4S/c1-14(2,3)23-13(21)19-8(7-22-15(19,4)5)6-9(20)10-11(16)18-12(17)24-10/h8-9,20H,6-7H2,1-5H3/t8?,9-/m1/s1. The molecule has 0 saturated carbocycles. The molecule has 1 saturated heterocycles. The Morgan fingerprint density at radius 3 is 2.67 bits per heavy atom. The van der Waals surface area contributed by atoms with E-state index in [9.17, 15) is 9.90 Å². The average Bonchev–Trinajstić information content (AvgIpc) is 2.86. The Morgan fingerprint density at radius 1 is 1.54 bits per heavy atom. The summed E-state index contributed by atoms with van der Waals surface area (Å²) < 4.78 is 11.5. The highest BCUT2D eigenvalue weighted by atomic mass is 35.5. The van der Waals surface area contributed by atoms with Crippen molar-refractivity contribution in [2.75, 3.05) is 6.61 Å². The molecule has 24 heavy (non-hydrogen) atoms. The SMILES string of the molecule is CC(C)(C)OC(=O)N1C(C[C@@H](O)c2sc(Cl)nc2Cl)COC1(C)C. The van der Waals surface area contributed by atoms with Gasteiger partial charge in [0.05, 0.1) is 23.6 Å². The molecule has 2 rings (SSSR count). The second-order valence-electron chi connectivity index (χ2n) is 7.14. The van der Waals surface area contributed by atoms with Gasteiger partial charge in [-0.1, -0.05) is 23.2 Å². The van der Waals surface area contributed by atoms with Gasteiger partial charge < -0.3 is 14.6 Å². The van der Waals surface area contributed by atoms with E-state index in [0.717, 1.165) is 11.3 Å². The fourth-order valence-electron chi connectivity index (χ4n) is 2.60. The highest BCUT2D eigenvalue weighted by Crippen LogP contribution is 2.38. The van der Waals surface area contributed by atoms with Gasteiger partial charge in [-0.3, -0.25) is 4.90 Å². The quantitative estimate of drug-likeness (QED) is 0.826. The molecule has 2 atom stereocenters. The van der Waals surface area contributed by atoms with Crippen LogP contribution in [0.15, 0.2) is 0 Å². The van der Waals surface area contributed by atoms with Crippen LogP contribution in [-0.2, 0) is 9.47 Å². The van der Waals surface area contributed by atoms with Crippen molar-refractivity contribution in [3.63, 3.8) is 0 Å². The first kappa shape index (κ1) is 19.7. The lowest BCUT2D eigenvalue weighted by molar-refractivity contribution is -0.0637. The molecule has 1 aromatic rings. The van der Waals surface area contributed by atoms with Gasteiger partial charge in [-0.05, 0) is 34.6 Å². The van der Waals surface area contributed by atoms with Crippen molar-refractivity contribution in [2.24, 2.45) is 0 Å². The number of thiazole rings is 1. The van der Waals surface area contributed by atoms with Gasteiger partial charge in [-0.2, -0.15) is 0 Å². The molecule has 0 radical (unpaired) electrons. The number of ether oxygens (including phenoxy) is 2. The summed E-state index contributed by atoms with van der Waals surface area (Å²) in [5.41, 5.74) is -1.44. The van der Waals surface area contributed by atoms with E-state index < -0.39 is 23.5 Å². The van der Waals surface area contributed by atoms with Gasteiger partial charge in [0.2, 0.25) is 0 Å². The van der Waals surface area contributed by atoms with Crippen LogP contribution in [0.1, 0.15) is 52.0 Å². The monoisotopic (exact) mass is 396 g/mol. The van der Waals surface area contributed by atoms with Gasteiger partial charge in [0.25, 0.3) is 0 Å². The number of hydrogen-bond donors (Lipinski definition) is 1. The molecule has 0 aromatic carbocycles. The van der Waals surface area contributed by atoms with E-state index in [1.54, 1.807) is 34.6 Å². The normalized spacial score (nSPS) is 21.8. The summed E-state index contributed by atoms with van der Waals surface area (Å²) >= 11 is 12.9. The Balaban J connectivity index is 2.16. The van der Waals surface area contributed by atoms with Crippen molar-refractivity contribution in [1.82, 2.24) is 9.88 Å². The molecule has 6 nitrogen and oxygen atoms in total. The molecule has 1 unspecified atom stereocenters. The van der Waals surface area contributed by atoms with E-state index in [-0.39, 0.29) is 22.1 Å². The van der Waals surface area contributed by atoms with E-state index in [1.165, 1.54) is 4.90 Å². The highest BCUT2D eigenvalue weighted by Gasteiger charge is 2.46. The molecule has 2 heterocycles. The first-order valence-electron chi connectivity index (χ1n) is 7.57. The van der Waals surface area contributed by atoms with E-state index in [4.69, 9.17) is 32.7 Å². The second kappa shape index (κ2) is 6.96. The van der Waals surface area contributed by atoms with E-state index in [2.05, 4.69) is 4.98 Å². The van der Waals surface area contributed by atoms with Crippen LogP contribution in [0.25, 0.3) is 0 Å². The Hall–Kier alpha value is -0.600. The summed E-state index contributed by atoms with van der Waals surface area (Å²) in [5, 5.41) is 10.7. The molecule has 1 N–H and O–H groups in total. The predicted octanol–water partition coefficient (Wildman–Crippen LogP) is 4.25. The lowest BCUT2D eigenvalue weighted by Gasteiger charge is -2.35. The van der Waals surface area contributed by atoms with E-state index in [1.807, 2.05) is 0 Å². The highest BCUT2D eigenvalue weighted by molar-refractivity contribution is 7.16. The Labute approximate surface area is 155 Å². The summed E-state index contributed by atoms with van der Waals surface area (Å²) in [4.78, 5) is 18.5. The zero-order chi connectivity index (χ0) is 18.3. The molecule has 0 bridgehead atoms. The predicted molar refractivity (Wildman–Crippen MR) is 93.6 cm³/mol. The number of carbonyl (C=O) groups is 1. The van der Waals surface area contributed by atoms with Crippen LogP contribution in [0.3, 0.4) is 0 Å². The number of carbonyl (C=O) groups excluding carboxylic acids is 1. The minimum Gasteiger partial charge on any atom is -0.444 e. The maximum absolute atomic E-state index is 12.6. The number of halogens is 2. The smallest absolute Gasteiger partial charge is 0.412 e. The van der Waals surface area contributed by atoms with Gasteiger partial charge in [0, 0.05) is 6.42 Å². The Morgan fingerprint density at radius 2 is 2.17 bits per heavy atom. The molecule has 0 spiro atoms. The lowest BCUT2D eigenvalue weighted by Crippen LogP contribution is -2.50. The largest absolute Gasteiger partial charge is 0.444 e. The molecular formula is C15H22Cl2N2O4S. The average molecular weight is 397 g/mol. The van der Waals surface area contributed by atoms with Crippen LogP contribution < -0.4 is 0 Å². The van der Waals surface area contributed by atoms with Crippen LogP contribution in [0.2, 0.25) is 9.62 Å². The Kier molecular flexibility index (Phi) is 5.72. The van der Waals surface area contributed by atoms with Gasteiger partial charge >= 0.3 is 6.09 Å². The zero-order valence-corrected chi connectivity index (χ0v) is 16.6. The number of nitrogens with zero attached hydrogens (tertiary/aromatic N) is 2. The van der Waals surface area contributed by atoms with E-state index in [0.29, 0.717) is 11.5 Å². The second-order valence-corrected chi connectivity index (χ2v) is 9.11. The van der Waals surface area contributed by atoms with E-state index >= 15 is 0 Å². The molecule has 1 amide bonds. The molecule has 0 aliphatic carbocycles. The van der Waals surface area contributed by atoms with Gasteiger partial charge in [0.1, 0.15) is 16.5 Å². The number of rotatable bonds is 3. The number of aliphatic hydroxyl groups is 1. The number of hydrogen-bond acceptors (Lipinski definition) is 6. The van der Waals surface area contributed by atoms with Gasteiger partial charge in [-0.15, -0.1) is 11.3 Å². The van der Waals surface area contributed by atoms with Crippen molar-refractivity contribution in [3.8, 4) is 0 Å². The summed E-state index contributed by atoms with van der Waals surface area (Å²) in [6.45, 7) is 9.29. The maximum Gasteiger partial charge on any atom is 0.412 e. The lowest BCUT2D eigenvalue weighted by atomic mass is 10.1. The van der Waals surface area contributed by atoms with Crippen LogP contribution >= 0.6 is 34.5 Å². The number of amides is 1. The van der Waals surface area contributed by atoms with Gasteiger partial charge in [0.15, 0.2) is 4.47 Å². The fraction of sp³-hybridized carbons (Fsp3) is 0.733. The van der Waals surface area contributed by atoms with Crippen LogP contribution in [-0.4, -0.2) is 45.1 Å². The van der Waals surface area contributed by atoms with Crippen LogP contribution in [0, 0.1) is 0 Å². The zero-order valence-electron chi connectivity index (χ0n) is 14.3. The minimum atomic E-state index is -0.894. The summed E-state index contributed by atoms with van der Waals surface area (Å²) in [5.74, 6) is 0. The molecular weight excluding hydrogens is 375 g/mol.